The maximum Gasteiger partial charge on any atom is 0.151 e. The van der Waals surface area contributed by atoms with E-state index in [9.17, 15) is 4.79 Å². The standard InChI is InChI=1S/C15H9BrN2OS/c16-11-5-6-14(10(7-11)8-19)20-15-12-3-1-2-4-13(12)17-9-18-15/h1-9H. The lowest BCUT2D eigenvalue weighted by Crippen LogP contribution is -1.89. The number of para-hydroxylation sites is 1. The van der Waals surface area contributed by atoms with Crippen molar-refractivity contribution in [1.82, 2.24) is 9.97 Å². The zero-order valence-electron chi connectivity index (χ0n) is 10.3. The Morgan fingerprint density at radius 2 is 1.95 bits per heavy atom. The first-order valence-electron chi connectivity index (χ1n) is 5.90. The summed E-state index contributed by atoms with van der Waals surface area (Å²) < 4.78 is 0.886. The Hall–Kier alpha value is -1.72. The highest BCUT2D eigenvalue weighted by molar-refractivity contribution is 9.10. The summed E-state index contributed by atoms with van der Waals surface area (Å²) in [6.07, 6.45) is 2.40. The maximum atomic E-state index is 11.2. The predicted molar refractivity (Wildman–Crippen MR) is 83.2 cm³/mol. The summed E-state index contributed by atoms with van der Waals surface area (Å²) in [6, 6.07) is 13.5. The third-order valence-corrected chi connectivity index (χ3v) is 4.42. The first kappa shape index (κ1) is 13.3. The normalized spacial score (nSPS) is 10.7. The third kappa shape index (κ3) is 2.59. The third-order valence-electron chi connectivity index (χ3n) is 2.81. The molecular weight excluding hydrogens is 336 g/mol. The van der Waals surface area contributed by atoms with Gasteiger partial charge in [0.05, 0.1) is 5.52 Å². The van der Waals surface area contributed by atoms with Crippen LogP contribution in [0.4, 0.5) is 0 Å². The lowest BCUT2D eigenvalue weighted by molar-refractivity contribution is 0.112. The van der Waals surface area contributed by atoms with Crippen molar-refractivity contribution in [2.24, 2.45) is 0 Å². The number of carbonyl (C=O) groups excluding carboxylic acids is 1. The molecule has 5 heteroatoms. The van der Waals surface area contributed by atoms with Gasteiger partial charge in [-0.2, -0.15) is 0 Å². The number of halogens is 1. The van der Waals surface area contributed by atoms with Crippen molar-refractivity contribution in [3.8, 4) is 0 Å². The molecule has 0 unspecified atom stereocenters. The summed E-state index contributed by atoms with van der Waals surface area (Å²) in [5.41, 5.74) is 1.54. The SMILES string of the molecule is O=Cc1cc(Br)ccc1Sc1ncnc2ccccc12. The van der Waals surface area contributed by atoms with Crippen LogP contribution in [0.5, 0.6) is 0 Å². The van der Waals surface area contributed by atoms with Gasteiger partial charge in [-0.25, -0.2) is 9.97 Å². The molecule has 0 fully saturated rings. The molecule has 2 aromatic carbocycles. The molecule has 0 aliphatic carbocycles. The van der Waals surface area contributed by atoms with Crippen molar-refractivity contribution in [3.63, 3.8) is 0 Å². The van der Waals surface area contributed by atoms with Crippen molar-refractivity contribution >= 4 is 44.9 Å². The fourth-order valence-electron chi connectivity index (χ4n) is 1.87. The minimum atomic E-state index is 0.645. The molecule has 1 heterocycles. The molecule has 3 nitrogen and oxygen atoms in total. The molecule has 0 aliphatic rings. The summed E-state index contributed by atoms with van der Waals surface area (Å²) >= 11 is 4.84. The Morgan fingerprint density at radius 1 is 1.10 bits per heavy atom. The molecule has 20 heavy (non-hydrogen) atoms. The monoisotopic (exact) mass is 344 g/mol. The highest BCUT2D eigenvalue weighted by atomic mass is 79.9. The molecule has 0 N–H and O–H groups in total. The number of carbonyl (C=O) groups is 1. The second kappa shape index (κ2) is 5.73. The molecule has 1 aromatic heterocycles. The van der Waals surface area contributed by atoms with Gasteiger partial charge in [0.2, 0.25) is 0 Å². The number of benzene rings is 2. The van der Waals surface area contributed by atoms with Crippen molar-refractivity contribution in [1.29, 1.82) is 0 Å². The lowest BCUT2D eigenvalue weighted by Gasteiger charge is -2.06. The van der Waals surface area contributed by atoms with Crippen LogP contribution in [0, 0.1) is 0 Å². The van der Waals surface area contributed by atoms with Gasteiger partial charge in [0.1, 0.15) is 11.4 Å². The second-order valence-corrected chi connectivity index (χ2v) is 6.04. The number of fused-ring (bicyclic) bond motifs is 1. The zero-order chi connectivity index (χ0) is 13.9. The van der Waals surface area contributed by atoms with E-state index in [1.54, 1.807) is 12.4 Å². The summed E-state index contributed by atoms with van der Waals surface area (Å²) in [5, 5.41) is 1.83. The van der Waals surface area contributed by atoms with Crippen LogP contribution in [0.3, 0.4) is 0 Å². The van der Waals surface area contributed by atoms with Gasteiger partial charge in [-0.3, -0.25) is 4.79 Å². The van der Waals surface area contributed by atoms with E-state index in [-0.39, 0.29) is 0 Å². The number of aldehydes is 1. The van der Waals surface area contributed by atoms with Crippen LogP contribution in [-0.2, 0) is 0 Å². The Morgan fingerprint density at radius 3 is 2.80 bits per heavy atom. The van der Waals surface area contributed by atoms with E-state index in [0.29, 0.717) is 5.56 Å². The van der Waals surface area contributed by atoms with Gasteiger partial charge < -0.3 is 0 Å². The van der Waals surface area contributed by atoms with Gasteiger partial charge in [-0.1, -0.05) is 45.9 Å². The predicted octanol–water partition coefficient (Wildman–Crippen LogP) is 4.36. The van der Waals surface area contributed by atoms with Crippen LogP contribution in [0.2, 0.25) is 0 Å². The lowest BCUT2D eigenvalue weighted by atomic mass is 10.2. The average molecular weight is 345 g/mol. The second-order valence-electron chi connectivity index (χ2n) is 4.10. The topological polar surface area (TPSA) is 42.9 Å². The smallest absolute Gasteiger partial charge is 0.151 e. The van der Waals surface area contributed by atoms with Crippen LogP contribution in [-0.4, -0.2) is 16.3 Å². The maximum absolute atomic E-state index is 11.2. The fourth-order valence-corrected chi connectivity index (χ4v) is 3.20. The van der Waals surface area contributed by atoms with Crippen molar-refractivity contribution in [3.05, 3.63) is 58.8 Å². The number of aromatic nitrogens is 2. The molecule has 0 radical (unpaired) electrons. The quantitative estimate of drug-likeness (QED) is 0.523. The van der Waals surface area contributed by atoms with Crippen LogP contribution < -0.4 is 0 Å². The fraction of sp³-hybridized carbons (Fsp3) is 0. The minimum absolute atomic E-state index is 0.645. The summed E-state index contributed by atoms with van der Waals surface area (Å²) in [7, 11) is 0. The number of hydrogen-bond acceptors (Lipinski definition) is 4. The molecule has 0 bridgehead atoms. The molecule has 0 aliphatic heterocycles. The van der Waals surface area contributed by atoms with E-state index in [4.69, 9.17) is 0 Å². The van der Waals surface area contributed by atoms with Crippen LogP contribution in [0.15, 0.2) is 63.2 Å². The van der Waals surface area contributed by atoms with Crippen LogP contribution in [0.25, 0.3) is 10.9 Å². The van der Waals surface area contributed by atoms with E-state index >= 15 is 0 Å². The first-order chi connectivity index (χ1) is 9.78. The Kier molecular flexibility index (Phi) is 3.80. The van der Waals surface area contributed by atoms with Gasteiger partial charge in [-0.15, -0.1) is 0 Å². The highest BCUT2D eigenvalue weighted by Crippen LogP contribution is 2.33. The Balaban J connectivity index is 2.08. The first-order valence-corrected chi connectivity index (χ1v) is 7.51. The molecule has 0 atom stereocenters. The number of nitrogens with zero attached hydrogens (tertiary/aromatic N) is 2. The highest BCUT2D eigenvalue weighted by Gasteiger charge is 2.09. The summed E-state index contributed by atoms with van der Waals surface area (Å²) in [4.78, 5) is 20.6. The average Bonchev–Trinajstić information content (AvgIpc) is 2.49. The zero-order valence-corrected chi connectivity index (χ0v) is 12.7. The van der Waals surface area contributed by atoms with E-state index in [1.807, 2.05) is 36.4 Å². The summed E-state index contributed by atoms with van der Waals surface area (Å²) in [6.45, 7) is 0. The molecule has 0 spiro atoms. The molecule has 0 amide bonds. The van der Waals surface area contributed by atoms with Gasteiger partial charge in [-0.05, 0) is 24.3 Å². The van der Waals surface area contributed by atoms with Gasteiger partial charge in [0.25, 0.3) is 0 Å². The van der Waals surface area contributed by atoms with E-state index in [2.05, 4.69) is 25.9 Å². The largest absolute Gasteiger partial charge is 0.298 e. The number of rotatable bonds is 3. The van der Waals surface area contributed by atoms with Gasteiger partial charge in [0, 0.05) is 20.3 Å². The molecule has 0 saturated heterocycles. The number of hydrogen-bond donors (Lipinski definition) is 0. The molecular formula is C15H9BrN2OS. The van der Waals surface area contributed by atoms with E-state index < -0.39 is 0 Å². The molecule has 98 valence electrons. The molecule has 3 rings (SSSR count). The molecule has 3 aromatic rings. The van der Waals surface area contributed by atoms with Crippen LogP contribution in [0.1, 0.15) is 10.4 Å². The summed E-state index contributed by atoms with van der Waals surface area (Å²) in [5.74, 6) is 0. The van der Waals surface area contributed by atoms with E-state index in [0.717, 1.165) is 31.6 Å². The van der Waals surface area contributed by atoms with Gasteiger partial charge >= 0.3 is 0 Å². The van der Waals surface area contributed by atoms with Crippen molar-refractivity contribution in [2.75, 3.05) is 0 Å². The van der Waals surface area contributed by atoms with Crippen molar-refractivity contribution < 1.29 is 4.79 Å². The van der Waals surface area contributed by atoms with Gasteiger partial charge in [0.15, 0.2) is 6.29 Å². The Bertz CT molecular complexity index is 786. The Labute approximate surface area is 128 Å². The molecule has 0 saturated carbocycles. The van der Waals surface area contributed by atoms with E-state index in [1.165, 1.54) is 11.8 Å². The minimum Gasteiger partial charge on any atom is -0.298 e. The van der Waals surface area contributed by atoms with Crippen LogP contribution >= 0.6 is 27.7 Å². The van der Waals surface area contributed by atoms with Crippen molar-refractivity contribution in [2.45, 2.75) is 9.92 Å².